The molecule has 0 spiro atoms. The Kier molecular flexibility index (Phi) is 5.40. The van der Waals surface area contributed by atoms with Gasteiger partial charge in [0.15, 0.2) is 0 Å². The summed E-state index contributed by atoms with van der Waals surface area (Å²) in [6.07, 6.45) is -7.36. The van der Waals surface area contributed by atoms with Gasteiger partial charge < -0.3 is 5.11 Å². The molecule has 0 bridgehead atoms. The van der Waals surface area contributed by atoms with E-state index in [0.717, 1.165) is 0 Å². The summed E-state index contributed by atoms with van der Waals surface area (Å²) in [6, 6.07) is -0.832. The monoisotopic (exact) mass is 361 g/mol. The molecule has 1 unspecified atom stereocenters. The molecule has 16 heavy (non-hydrogen) atoms. The SMILES string of the molecule is CC(C)(O)C(CCC(F)(F)C(F)(F)F)NI. The summed E-state index contributed by atoms with van der Waals surface area (Å²) in [5.41, 5.74) is -1.36. The summed E-state index contributed by atoms with van der Waals surface area (Å²) >= 11 is 1.61. The highest BCUT2D eigenvalue weighted by Crippen LogP contribution is 2.39. The minimum Gasteiger partial charge on any atom is -0.389 e. The molecule has 0 rings (SSSR count). The summed E-state index contributed by atoms with van der Waals surface area (Å²) in [5.74, 6) is -4.72. The van der Waals surface area contributed by atoms with Crippen LogP contribution in [0.1, 0.15) is 26.7 Å². The van der Waals surface area contributed by atoms with Gasteiger partial charge in [-0.1, -0.05) is 0 Å². The first-order chi connectivity index (χ1) is 6.92. The molecule has 2 nitrogen and oxygen atoms in total. The van der Waals surface area contributed by atoms with Crippen LogP contribution in [0.5, 0.6) is 0 Å². The zero-order chi connectivity index (χ0) is 13.2. The molecule has 0 aromatic carbocycles. The van der Waals surface area contributed by atoms with Gasteiger partial charge in [0.05, 0.1) is 5.60 Å². The number of halogens is 6. The van der Waals surface area contributed by atoms with Crippen molar-refractivity contribution >= 4 is 22.9 Å². The van der Waals surface area contributed by atoms with E-state index >= 15 is 0 Å². The molecule has 0 saturated carbocycles. The van der Waals surface area contributed by atoms with Crippen molar-refractivity contribution in [2.45, 2.75) is 50.4 Å². The van der Waals surface area contributed by atoms with Gasteiger partial charge >= 0.3 is 12.1 Å². The Bertz CT molecular complexity index is 225. The second-order valence-electron chi connectivity index (χ2n) is 4.06. The van der Waals surface area contributed by atoms with Crippen LogP contribution < -0.4 is 3.53 Å². The number of hydrogen-bond donors (Lipinski definition) is 2. The van der Waals surface area contributed by atoms with E-state index in [2.05, 4.69) is 3.53 Å². The number of alkyl halides is 5. The normalized spacial score (nSPS) is 16.3. The van der Waals surface area contributed by atoms with Crippen molar-refractivity contribution < 1.29 is 27.1 Å². The summed E-state index contributed by atoms with van der Waals surface area (Å²) < 4.78 is 63.2. The first-order valence-electron chi connectivity index (χ1n) is 4.45. The van der Waals surface area contributed by atoms with Gasteiger partial charge in [-0.2, -0.15) is 22.0 Å². The first-order valence-corrected chi connectivity index (χ1v) is 5.53. The molecular formula is C8H13F5INO. The van der Waals surface area contributed by atoms with E-state index in [-0.39, 0.29) is 0 Å². The third-order valence-corrected chi connectivity index (χ3v) is 2.90. The van der Waals surface area contributed by atoms with Gasteiger partial charge in [0.1, 0.15) is 0 Å². The fraction of sp³-hybridized carbons (Fsp3) is 1.00. The molecule has 0 heterocycles. The average molecular weight is 361 g/mol. The van der Waals surface area contributed by atoms with Crippen LogP contribution in [-0.4, -0.2) is 28.8 Å². The third-order valence-electron chi connectivity index (χ3n) is 2.15. The predicted octanol–water partition coefficient (Wildman–Crippen LogP) is 3.04. The molecule has 0 aromatic rings. The Morgan fingerprint density at radius 1 is 1.19 bits per heavy atom. The van der Waals surface area contributed by atoms with Crippen LogP contribution >= 0.6 is 22.9 Å². The van der Waals surface area contributed by atoms with Crippen LogP contribution in [0.3, 0.4) is 0 Å². The summed E-state index contributed by atoms with van der Waals surface area (Å²) in [4.78, 5) is 0. The zero-order valence-electron chi connectivity index (χ0n) is 8.71. The highest BCUT2D eigenvalue weighted by Gasteiger charge is 2.57. The van der Waals surface area contributed by atoms with Crippen molar-refractivity contribution in [2.24, 2.45) is 0 Å². The number of rotatable bonds is 5. The molecule has 0 radical (unpaired) electrons. The van der Waals surface area contributed by atoms with Gasteiger partial charge in [0, 0.05) is 35.3 Å². The van der Waals surface area contributed by atoms with Crippen molar-refractivity contribution in [2.75, 3.05) is 0 Å². The van der Waals surface area contributed by atoms with Crippen molar-refractivity contribution in [1.82, 2.24) is 3.53 Å². The predicted molar refractivity (Wildman–Crippen MR) is 57.5 cm³/mol. The molecule has 8 heteroatoms. The smallest absolute Gasteiger partial charge is 0.389 e. The molecule has 0 aliphatic rings. The van der Waals surface area contributed by atoms with Gasteiger partial charge in [-0.25, -0.2) is 0 Å². The minimum atomic E-state index is -5.54. The minimum absolute atomic E-state index is 0.473. The lowest BCUT2D eigenvalue weighted by atomic mass is 9.94. The second-order valence-corrected chi connectivity index (χ2v) is 4.68. The lowest BCUT2D eigenvalue weighted by Gasteiger charge is -2.29. The standard InChI is InChI=1S/C8H13F5INO/c1-6(2,16)5(15-14)3-4-7(9,10)8(11,12)13/h5,15-16H,3-4H2,1-2H3. The number of aliphatic hydroxyl groups is 1. The molecular weight excluding hydrogens is 348 g/mol. The maximum Gasteiger partial charge on any atom is 0.453 e. The van der Waals surface area contributed by atoms with Gasteiger partial charge in [-0.3, -0.25) is 3.53 Å². The fourth-order valence-corrected chi connectivity index (χ4v) is 2.08. The number of hydrogen-bond acceptors (Lipinski definition) is 2. The Labute approximate surface area is 104 Å². The van der Waals surface area contributed by atoms with Crippen molar-refractivity contribution in [1.29, 1.82) is 0 Å². The molecule has 0 saturated heterocycles. The van der Waals surface area contributed by atoms with Gasteiger partial charge in [0.2, 0.25) is 0 Å². The van der Waals surface area contributed by atoms with Crippen LogP contribution in [0.4, 0.5) is 22.0 Å². The van der Waals surface area contributed by atoms with Crippen LogP contribution in [0, 0.1) is 0 Å². The quantitative estimate of drug-likeness (QED) is 0.448. The third kappa shape index (κ3) is 4.66. The summed E-state index contributed by atoms with van der Waals surface area (Å²) in [5, 5.41) is 9.48. The van der Waals surface area contributed by atoms with Gasteiger partial charge in [0.25, 0.3) is 0 Å². The van der Waals surface area contributed by atoms with E-state index in [1.165, 1.54) is 13.8 Å². The Morgan fingerprint density at radius 2 is 1.62 bits per heavy atom. The topological polar surface area (TPSA) is 32.3 Å². The Hall–Kier alpha value is 0.300. The molecule has 0 aliphatic carbocycles. The van der Waals surface area contributed by atoms with E-state index in [0.29, 0.717) is 0 Å². The van der Waals surface area contributed by atoms with E-state index in [1.54, 1.807) is 22.9 Å². The van der Waals surface area contributed by atoms with Crippen molar-refractivity contribution in [3.63, 3.8) is 0 Å². The van der Waals surface area contributed by atoms with Crippen molar-refractivity contribution in [3.8, 4) is 0 Å². The molecule has 0 aromatic heterocycles. The maximum absolute atomic E-state index is 12.6. The van der Waals surface area contributed by atoms with Crippen molar-refractivity contribution in [3.05, 3.63) is 0 Å². The molecule has 0 amide bonds. The van der Waals surface area contributed by atoms with Crippen LogP contribution in [0.15, 0.2) is 0 Å². The zero-order valence-corrected chi connectivity index (χ0v) is 10.9. The van der Waals surface area contributed by atoms with Crippen LogP contribution in [0.25, 0.3) is 0 Å². The molecule has 0 fully saturated rings. The summed E-state index contributed by atoms with van der Waals surface area (Å²) in [6.45, 7) is 2.68. The fourth-order valence-electron chi connectivity index (χ4n) is 1.01. The lowest BCUT2D eigenvalue weighted by Crippen LogP contribution is -2.45. The van der Waals surface area contributed by atoms with Crippen LogP contribution in [0.2, 0.25) is 0 Å². The first kappa shape index (κ1) is 16.3. The Morgan fingerprint density at radius 3 is 1.88 bits per heavy atom. The van der Waals surface area contributed by atoms with E-state index in [1.807, 2.05) is 0 Å². The maximum atomic E-state index is 12.6. The molecule has 0 aliphatic heterocycles. The molecule has 2 N–H and O–H groups in total. The highest BCUT2D eigenvalue weighted by atomic mass is 127. The van der Waals surface area contributed by atoms with Gasteiger partial charge in [-0.15, -0.1) is 0 Å². The van der Waals surface area contributed by atoms with E-state index in [9.17, 15) is 27.1 Å². The molecule has 98 valence electrons. The van der Waals surface area contributed by atoms with Gasteiger partial charge in [-0.05, 0) is 20.3 Å². The number of nitrogens with one attached hydrogen (secondary N) is 1. The Balaban J connectivity index is 4.44. The lowest BCUT2D eigenvalue weighted by molar-refractivity contribution is -0.285. The highest BCUT2D eigenvalue weighted by molar-refractivity contribution is 14.1. The van der Waals surface area contributed by atoms with E-state index < -0.39 is 36.6 Å². The largest absolute Gasteiger partial charge is 0.453 e. The van der Waals surface area contributed by atoms with E-state index in [4.69, 9.17) is 0 Å². The average Bonchev–Trinajstić information content (AvgIpc) is 2.00. The summed E-state index contributed by atoms with van der Waals surface area (Å²) in [7, 11) is 0. The molecule has 1 atom stereocenters. The van der Waals surface area contributed by atoms with Crippen LogP contribution in [-0.2, 0) is 0 Å². The second kappa shape index (κ2) is 5.30.